The van der Waals surface area contributed by atoms with Gasteiger partial charge >= 0.3 is 5.97 Å². The van der Waals surface area contributed by atoms with E-state index in [0.717, 1.165) is 16.6 Å². The van der Waals surface area contributed by atoms with Crippen molar-refractivity contribution in [2.75, 3.05) is 13.2 Å². The van der Waals surface area contributed by atoms with Gasteiger partial charge in [-0.1, -0.05) is 35.0 Å². The van der Waals surface area contributed by atoms with Crippen LogP contribution in [0.4, 0.5) is 0 Å². The van der Waals surface area contributed by atoms with Gasteiger partial charge < -0.3 is 9.47 Å². The van der Waals surface area contributed by atoms with E-state index in [0.29, 0.717) is 6.61 Å². The van der Waals surface area contributed by atoms with Gasteiger partial charge in [-0.2, -0.15) is 0 Å². The maximum Gasteiger partial charge on any atom is 0.330 e. The topological polar surface area (TPSA) is 35.5 Å². The highest BCUT2D eigenvalue weighted by molar-refractivity contribution is 9.10. The molecular formula is C13H15BrO3. The van der Waals surface area contributed by atoms with Crippen molar-refractivity contribution in [1.82, 2.24) is 0 Å². The number of halogens is 1. The Kier molecular flexibility index (Phi) is 6.40. The first kappa shape index (κ1) is 13.8. The second-order valence-corrected chi connectivity index (χ2v) is 4.20. The minimum Gasteiger partial charge on any atom is -0.490 e. The first-order valence-electron chi connectivity index (χ1n) is 5.44. The van der Waals surface area contributed by atoms with E-state index in [-0.39, 0.29) is 12.6 Å². The van der Waals surface area contributed by atoms with Gasteiger partial charge in [-0.15, -0.1) is 0 Å². The molecule has 4 heteroatoms. The van der Waals surface area contributed by atoms with Crippen LogP contribution >= 0.6 is 15.9 Å². The largest absolute Gasteiger partial charge is 0.490 e. The van der Waals surface area contributed by atoms with Gasteiger partial charge in [-0.05, 0) is 24.6 Å². The molecule has 0 aliphatic heterocycles. The van der Waals surface area contributed by atoms with Gasteiger partial charge in [0.2, 0.25) is 0 Å². The average Bonchev–Trinajstić information content (AvgIpc) is 2.32. The van der Waals surface area contributed by atoms with E-state index in [2.05, 4.69) is 15.9 Å². The zero-order valence-electron chi connectivity index (χ0n) is 9.69. The summed E-state index contributed by atoms with van der Waals surface area (Å²) in [7, 11) is 0. The molecule has 0 bridgehead atoms. The minimum absolute atomic E-state index is 0.249. The third-order valence-electron chi connectivity index (χ3n) is 1.88. The predicted molar refractivity (Wildman–Crippen MR) is 70.0 cm³/mol. The molecule has 1 rings (SSSR count). The summed E-state index contributed by atoms with van der Waals surface area (Å²) in [6, 6.07) is 7.51. The SMILES string of the molecule is CC/C=C/C(=O)OCCOc1cccc(Br)c1. The summed E-state index contributed by atoms with van der Waals surface area (Å²) in [6.07, 6.45) is 4.01. The lowest BCUT2D eigenvalue weighted by molar-refractivity contribution is -0.138. The highest BCUT2D eigenvalue weighted by atomic mass is 79.9. The van der Waals surface area contributed by atoms with E-state index in [4.69, 9.17) is 9.47 Å². The standard InChI is InChI=1S/C13H15BrO3/c1-2-3-7-13(15)17-9-8-16-12-6-4-5-11(14)10-12/h3-7,10H,2,8-9H2,1H3/b7-3+. The van der Waals surface area contributed by atoms with Crippen LogP contribution in [0.3, 0.4) is 0 Å². The number of esters is 1. The summed E-state index contributed by atoms with van der Waals surface area (Å²) >= 11 is 3.35. The summed E-state index contributed by atoms with van der Waals surface area (Å²) in [5.41, 5.74) is 0. The third-order valence-corrected chi connectivity index (χ3v) is 2.38. The van der Waals surface area contributed by atoms with Gasteiger partial charge in [0, 0.05) is 10.5 Å². The first-order chi connectivity index (χ1) is 8.22. The number of ether oxygens (including phenoxy) is 2. The molecule has 0 N–H and O–H groups in total. The average molecular weight is 299 g/mol. The molecule has 1 aromatic rings. The molecule has 0 saturated carbocycles. The summed E-state index contributed by atoms with van der Waals surface area (Å²) in [4.78, 5) is 11.1. The molecule has 0 saturated heterocycles. The molecule has 0 aromatic heterocycles. The van der Waals surface area contributed by atoms with Crippen LogP contribution in [0.1, 0.15) is 13.3 Å². The van der Waals surface area contributed by atoms with Crippen molar-refractivity contribution >= 4 is 21.9 Å². The van der Waals surface area contributed by atoms with E-state index in [1.807, 2.05) is 31.2 Å². The summed E-state index contributed by atoms with van der Waals surface area (Å²) in [6.45, 7) is 2.56. The van der Waals surface area contributed by atoms with Crippen LogP contribution in [0.5, 0.6) is 5.75 Å². The quantitative estimate of drug-likeness (QED) is 0.459. The molecule has 92 valence electrons. The maximum absolute atomic E-state index is 11.1. The van der Waals surface area contributed by atoms with E-state index in [9.17, 15) is 4.79 Å². The molecule has 1 aromatic carbocycles. The summed E-state index contributed by atoms with van der Waals surface area (Å²) in [5.74, 6) is 0.421. The fraction of sp³-hybridized carbons (Fsp3) is 0.308. The molecule has 0 aliphatic carbocycles. The van der Waals surface area contributed by atoms with Crippen LogP contribution in [0.25, 0.3) is 0 Å². The molecular weight excluding hydrogens is 284 g/mol. The zero-order chi connectivity index (χ0) is 12.5. The Labute approximate surface area is 110 Å². The maximum atomic E-state index is 11.1. The number of carbonyl (C=O) groups excluding carboxylic acids is 1. The Morgan fingerprint density at radius 2 is 2.24 bits per heavy atom. The monoisotopic (exact) mass is 298 g/mol. The van der Waals surface area contributed by atoms with Crippen molar-refractivity contribution in [2.45, 2.75) is 13.3 Å². The smallest absolute Gasteiger partial charge is 0.330 e. The molecule has 0 heterocycles. The Morgan fingerprint density at radius 3 is 2.94 bits per heavy atom. The van der Waals surface area contributed by atoms with Gasteiger partial charge in [0.15, 0.2) is 0 Å². The van der Waals surface area contributed by atoms with Crippen LogP contribution in [0, 0.1) is 0 Å². The first-order valence-corrected chi connectivity index (χ1v) is 6.23. The van der Waals surface area contributed by atoms with Crippen LogP contribution < -0.4 is 4.74 Å². The van der Waals surface area contributed by atoms with E-state index >= 15 is 0 Å². The van der Waals surface area contributed by atoms with Gasteiger partial charge in [-0.25, -0.2) is 4.79 Å². The van der Waals surface area contributed by atoms with Gasteiger partial charge in [0.05, 0.1) is 0 Å². The molecule has 0 unspecified atom stereocenters. The van der Waals surface area contributed by atoms with Crippen molar-refractivity contribution in [3.8, 4) is 5.75 Å². The number of hydrogen-bond acceptors (Lipinski definition) is 3. The third kappa shape index (κ3) is 6.12. The van der Waals surface area contributed by atoms with Gasteiger partial charge in [-0.3, -0.25) is 0 Å². The number of rotatable bonds is 6. The van der Waals surface area contributed by atoms with Crippen molar-refractivity contribution in [3.63, 3.8) is 0 Å². The fourth-order valence-corrected chi connectivity index (χ4v) is 1.50. The highest BCUT2D eigenvalue weighted by Crippen LogP contribution is 2.17. The second-order valence-electron chi connectivity index (χ2n) is 3.28. The summed E-state index contributed by atoms with van der Waals surface area (Å²) < 4.78 is 11.3. The van der Waals surface area contributed by atoms with Crippen molar-refractivity contribution in [3.05, 3.63) is 40.9 Å². The lowest BCUT2D eigenvalue weighted by Gasteiger charge is -2.06. The summed E-state index contributed by atoms with van der Waals surface area (Å²) in [5, 5.41) is 0. The van der Waals surface area contributed by atoms with Crippen molar-refractivity contribution in [2.24, 2.45) is 0 Å². The minimum atomic E-state index is -0.329. The molecule has 3 nitrogen and oxygen atoms in total. The Hall–Kier alpha value is -1.29. The second kappa shape index (κ2) is 7.90. The molecule has 0 spiro atoms. The lowest BCUT2D eigenvalue weighted by Crippen LogP contribution is -2.10. The fourth-order valence-electron chi connectivity index (χ4n) is 1.12. The van der Waals surface area contributed by atoms with Crippen LogP contribution in [0.15, 0.2) is 40.9 Å². The Bertz CT molecular complexity index is 388. The van der Waals surface area contributed by atoms with E-state index in [1.54, 1.807) is 6.08 Å². The number of benzene rings is 1. The normalized spacial score (nSPS) is 10.5. The van der Waals surface area contributed by atoms with Crippen LogP contribution in [0.2, 0.25) is 0 Å². The number of hydrogen-bond donors (Lipinski definition) is 0. The molecule has 0 radical (unpaired) electrons. The van der Waals surface area contributed by atoms with Crippen LogP contribution in [-0.4, -0.2) is 19.2 Å². The van der Waals surface area contributed by atoms with Gasteiger partial charge in [0.25, 0.3) is 0 Å². The molecule has 0 amide bonds. The Balaban J connectivity index is 2.20. The molecule has 17 heavy (non-hydrogen) atoms. The van der Waals surface area contributed by atoms with E-state index < -0.39 is 0 Å². The molecule has 0 fully saturated rings. The van der Waals surface area contributed by atoms with Crippen molar-refractivity contribution in [1.29, 1.82) is 0 Å². The lowest BCUT2D eigenvalue weighted by atomic mass is 10.3. The highest BCUT2D eigenvalue weighted by Gasteiger charge is 1.98. The predicted octanol–water partition coefficient (Wildman–Crippen LogP) is 3.34. The van der Waals surface area contributed by atoms with Crippen molar-refractivity contribution < 1.29 is 14.3 Å². The van der Waals surface area contributed by atoms with E-state index in [1.165, 1.54) is 6.08 Å². The van der Waals surface area contributed by atoms with Gasteiger partial charge in [0.1, 0.15) is 19.0 Å². The molecule has 0 atom stereocenters. The van der Waals surface area contributed by atoms with Crippen LogP contribution in [-0.2, 0) is 9.53 Å². The number of allylic oxidation sites excluding steroid dienone is 1. The number of carbonyl (C=O) groups is 1. The zero-order valence-corrected chi connectivity index (χ0v) is 11.3. The molecule has 0 aliphatic rings. The Morgan fingerprint density at radius 1 is 1.41 bits per heavy atom.